The van der Waals surface area contributed by atoms with Gasteiger partial charge in [-0.2, -0.15) is 0 Å². The van der Waals surface area contributed by atoms with Crippen LogP contribution < -0.4 is 11.5 Å². The molecule has 5 N–H and O–H groups in total. The smallest absolute Gasteiger partial charge is 0.307 e. The van der Waals surface area contributed by atoms with Crippen molar-refractivity contribution in [2.24, 2.45) is 11.5 Å². The summed E-state index contributed by atoms with van der Waals surface area (Å²) in [6, 6.07) is -1.04. The van der Waals surface area contributed by atoms with Gasteiger partial charge < -0.3 is 30.9 Å². The SMILES string of the molecule is CCCCN(CCC(=O)OCC)C(=O)[C@@H](N)CC(=O)N(C)[C@H]1CCCN(C(=N)N)C1. The number of likely N-dealkylation sites (N-methyl/N-ethyl adjacent to an activating group) is 1. The van der Waals surface area contributed by atoms with Gasteiger partial charge in [0.25, 0.3) is 0 Å². The lowest BCUT2D eigenvalue weighted by molar-refractivity contribution is -0.145. The topological polar surface area (TPSA) is 146 Å². The molecule has 0 unspecified atom stereocenters. The van der Waals surface area contributed by atoms with Crippen LogP contribution in [-0.4, -0.2) is 90.4 Å². The van der Waals surface area contributed by atoms with Crippen LogP contribution in [0.1, 0.15) is 52.4 Å². The van der Waals surface area contributed by atoms with Gasteiger partial charge in [-0.05, 0) is 26.2 Å². The number of likely N-dealkylation sites (tertiary alicyclic amines) is 1. The van der Waals surface area contributed by atoms with E-state index in [0.717, 1.165) is 25.7 Å². The normalized spacial score (nSPS) is 17.2. The first-order valence-corrected chi connectivity index (χ1v) is 10.8. The number of hydrogen-bond donors (Lipinski definition) is 3. The van der Waals surface area contributed by atoms with Gasteiger partial charge in [0.05, 0.1) is 25.5 Å². The molecule has 2 atom stereocenters. The summed E-state index contributed by atoms with van der Waals surface area (Å²) in [5, 5.41) is 7.59. The molecule has 1 rings (SSSR count). The molecule has 0 aliphatic carbocycles. The summed E-state index contributed by atoms with van der Waals surface area (Å²) >= 11 is 0. The maximum atomic E-state index is 12.8. The third kappa shape index (κ3) is 8.17. The van der Waals surface area contributed by atoms with E-state index in [4.69, 9.17) is 21.6 Å². The summed E-state index contributed by atoms with van der Waals surface area (Å²) < 4.78 is 4.93. The van der Waals surface area contributed by atoms with E-state index >= 15 is 0 Å². The second-order valence-electron chi connectivity index (χ2n) is 7.68. The number of esters is 1. The highest BCUT2D eigenvalue weighted by molar-refractivity contribution is 5.88. The largest absolute Gasteiger partial charge is 0.466 e. The Morgan fingerprint density at radius 1 is 1.27 bits per heavy atom. The van der Waals surface area contributed by atoms with Crippen LogP contribution in [0.2, 0.25) is 0 Å². The molecule has 0 saturated carbocycles. The van der Waals surface area contributed by atoms with Gasteiger partial charge in [0, 0.05) is 39.3 Å². The summed E-state index contributed by atoms with van der Waals surface area (Å²) in [4.78, 5) is 42.1. The van der Waals surface area contributed by atoms with Crippen molar-refractivity contribution in [2.45, 2.75) is 64.5 Å². The lowest BCUT2D eigenvalue weighted by Crippen LogP contribution is -2.53. The molecule has 0 aromatic heterocycles. The van der Waals surface area contributed by atoms with Crippen LogP contribution in [0.15, 0.2) is 0 Å². The third-order valence-electron chi connectivity index (χ3n) is 5.37. The molecule has 10 heteroatoms. The molecule has 1 fully saturated rings. The van der Waals surface area contributed by atoms with E-state index in [1.54, 1.807) is 28.7 Å². The average Bonchev–Trinajstić information content (AvgIpc) is 2.72. The monoisotopic (exact) mass is 426 g/mol. The molecule has 0 spiro atoms. The quantitative estimate of drug-likeness (QED) is 0.241. The van der Waals surface area contributed by atoms with Gasteiger partial charge in [-0.3, -0.25) is 19.8 Å². The molecule has 0 bridgehead atoms. The first-order chi connectivity index (χ1) is 14.2. The Kier molecular flexibility index (Phi) is 11.2. The van der Waals surface area contributed by atoms with Crippen LogP contribution in [0.3, 0.4) is 0 Å². The first-order valence-electron chi connectivity index (χ1n) is 10.8. The summed E-state index contributed by atoms with van der Waals surface area (Å²) in [7, 11) is 1.70. The van der Waals surface area contributed by atoms with Crippen molar-refractivity contribution in [3.05, 3.63) is 0 Å². The molecule has 0 radical (unpaired) electrons. The molecule has 2 amide bonds. The lowest BCUT2D eigenvalue weighted by Gasteiger charge is -2.38. The number of nitrogens with one attached hydrogen (secondary N) is 1. The van der Waals surface area contributed by atoms with Gasteiger partial charge in [-0.25, -0.2) is 0 Å². The van der Waals surface area contributed by atoms with Gasteiger partial charge in [0.2, 0.25) is 11.8 Å². The van der Waals surface area contributed by atoms with E-state index in [-0.39, 0.29) is 49.2 Å². The number of rotatable bonds is 11. The maximum absolute atomic E-state index is 12.8. The molecule has 10 nitrogen and oxygen atoms in total. The van der Waals surface area contributed by atoms with Crippen LogP contribution in [0, 0.1) is 5.41 Å². The van der Waals surface area contributed by atoms with Crippen molar-refractivity contribution in [3.8, 4) is 0 Å². The van der Waals surface area contributed by atoms with Crippen molar-refractivity contribution in [3.63, 3.8) is 0 Å². The number of carbonyl (C=O) groups excluding carboxylic acids is 3. The Bertz CT molecular complexity index is 600. The van der Waals surface area contributed by atoms with Gasteiger partial charge >= 0.3 is 5.97 Å². The number of unbranched alkanes of at least 4 members (excludes halogenated alkanes) is 1. The highest BCUT2D eigenvalue weighted by Gasteiger charge is 2.30. The van der Waals surface area contributed by atoms with Crippen molar-refractivity contribution in [1.29, 1.82) is 5.41 Å². The second-order valence-corrected chi connectivity index (χ2v) is 7.68. The summed E-state index contributed by atoms with van der Waals surface area (Å²) in [5.41, 5.74) is 11.6. The van der Waals surface area contributed by atoms with E-state index in [2.05, 4.69) is 0 Å². The molecule has 1 aliphatic rings. The molecular weight excluding hydrogens is 388 g/mol. The van der Waals surface area contributed by atoms with E-state index in [1.165, 1.54) is 0 Å². The van der Waals surface area contributed by atoms with Gasteiger partial charge in [0.1, 0.15) is 0 Å². The van der Waals surface area contributed by atoms with Crippen LogP contribution >= 0.6 is 0 Å². The number of piperidine rings is 1. The molecule has 30 heavy (non-hydrogen) atoms. The van der Waals surface area contributed by atoms with E-state index < -0.39 is 6.04 Å². The Balaban J connectivity index is 2.65. The molecule has 1 heterocycles. The van der Waals surface area contributed by atoms with E-state index in [9.17, 15) is 14.4 Å². The Morgan fingerprint density at radius 3 is 2.57 bits per heavy atom. The number of ether oxygens (including phenoxy) is 1. The van der Waals surface area contributed by atoms with Crippen LogP contribution in [0.4, 0.5) is 0 Å². The zero-order valence-electron chi connectivity index (χ0n) is 18.6. The molecule has 1 saturated heterocycles. The Hall–Kier alpha value is -2.36. The van der Waals surface area contributed by atoms with Gasteiger partial charge in [-0.1, -0.05) is 13.3 Å². The molecule has 1 aliphatic heterocycles. The fraction of sp³-hybridized carbons (Fsp3) is 0.800. The predicted octanol–water partition coefficient (Wildman–Crippen LogP) is 0.102. The number of nitrogens with two attached hydrogens (primary N) is 2. The van der Waals surface area contributed by atoms with Crippen molar-refractivity contribution in [2.75, 3.05) is 39.8 Å². The minimum atomic E-state index is -0.966. The van der Waals surface area contributed by atoms with Gasteiger partial charge in [0.15, 0.2) is 5.96 Å². The predicted molar refractivity (Wildman–Crippen MR) is 115 cm³/mol. The minimum Gasteiger partial charge on any atom is -0.466 e. The molecule has 172 valence electrons. The van der Waals surface area contributed by atoms with Gasteiger partial charge in [-0.15, -0.1) is 0 Å². The average molecular weight is 427 g/mol. The molecule has 0 aromatic carbocycles. The zero-order chi connectivity index (χ0) is 22.7. The third-order valence-corrected chi connectivity index (χ3v) is 5.37. The van der Waals surface area contributed by atoms with Crippen molar-refractivity contribution in [1.82, 2.24) is 14.7 Å². The summed E-state index contributed by atoms with van der Waals surface area (Å²) in [5.74, 6) is -0.903. The maximum Gasteiger partial charge on any atom is 0.307 e. The molecule has 0 aromatic rings. The Labute approximate surface area is 179 Å². The highest BCUT2D eigenvalue weighted by Crippen LogP contribution is 2.16. The van der Waals surface area contributed by atoms with E-state index in [1.807, 2.05) is 6.92 Å². The number of hydrogen-bond acceptors (Lipinski definition) is 6. The fourth-order valence-corrected chi connectivity index (χ4v) is 3.49. The van der Waals surface area contributed by atoms with Crippen LogP contribution in [0.5, 0.6) is 0 Å². The van der Waals surface area contributed by atoms with Crippen molar-refractivity contribution < 1.29 is 19.1 Å². The van der Waals surface area contributed by atoms with Crippen molar-refractivity contribution >= 4 is 23.7 Å². The van der Waals surface area contributed by atoms with Crippen LogP contribution in [-0.2, 0) is 19.1 Å². The highest BCUT2D eigenvalue weighted by atomic mass is 16.5. The lowest BCUT2D eigenvalue weighted by atomic mass is 10.0. The fourth-order valence-electron chi connectivity index (χ4n) is 3.49. The number of nitrogens with zero attached hydrogens (tertiary/aromatic N) is 3. The first kappa shape index (κ1) is 25.7. The number of amides is 2. The summed E-state index contributed by atoms with van der Waals surface area (Å²) in [6.07, 6.45) is 3.34. The van der Waals surface area contributed by atoms with Crippen LogP contribution in [0.25, 0.3) is 0 Å². The standard InChI is InChI=1S/C20H38N6O4/c1-4-6-10-25(12-9-18(28)30-5-2)19(29)16(21)13-17(27)24(3)15-8-7-11-26(14-15)20(22)23/h15-16H,4-14,21H2,1-3H3,(H3,22,23)/t15-,16-/m0/s1. The second kappa shape index (κ2) is 13.0. The number of guanidine groups is 1. The summed E-state index contributed by atoms with van der Waals surface area (Å²) in [6.45, 7) is 5.97. The molecular formula is C20H38N6O4. The number of carbonyl (C=O) groups is 3. The zero-order valence-corrected chi connectivity index (χ0v) is 18.6. The Morgan fingerprint density at radius 2 is 1.97 bits per heavy atom. The van der Waals surface area contributed by atoms with E-state index in [0.29, 0.717) is 26.2 Å². The minimum absolute atomic E-state index is 0.000550.